The van der Waals surface area contributed by atoms with E-state index >= 15 is 0 Å². The van der Waals surface area contributed by atoms with E-state index in [0.29, 0.717) is 52.1 Å². The Bertz CT molecular complexity index is 1570. The number of rotatable bonds is 54. The van der Waals surface area contributed by atoms with E-state index in [4.69, 9.17) is 33.5 Å². The Hall–Kier alpha value is -4.48. The fraction of sp³-hybridized carbons (Fsp3) is 0.855. The highest BCUT2D eigenvalue weighted by Crippen LogP contribution is 2.29. The maximum absolute atomic E-state index is 13.0. The normalized spacial score (nSPS) is 14.6. The van der Waals surface area contributed by atoms with Gasteiger partial charge in [-0.25, -0.2) is 4.79 Å². The molecule has 0 saturated heterocycles. The van der Waals surface area contributed by atoms with Crippen molar-refractivity contribution in [3.05, 3.63) is 0 Å². The lowest BCUT2D eigenvalue weighted by molar-refractivity contribution is -0.143. The minimum Gasteiger partial charge on any atom is -0.481 e. The number of carboxylic acids is 2. The summed E-state index contributed by atoms with van der Waals surface area (Å²) in [7, 11) is 0. The highest BCUT2D eigenvalue weighted by Gasteiger charge is 2.30. The molecule has 1 aliphatic rings. The summed E-state index contributed by atoms with van der Waals surface area (Å²) < 4.78 is 32.0. The number of ether oxygens (including phenoxy) is 6. The van der Waals surface area contributed by atoms with Gasteiger partial charge >= 0.3 is 11.9 Å². The number of unbranched alkanes of at least 4 members (excludes halogenated alkanes) is 16. The Morgan fingerprint density at radius 3 is 1.21 bits per heavy atom. The number of hydrogen-bond acceptors (Lipinski definition) is 14. The van der Waals surface area contributed by atoms with Crippen molar-refractivity contribution in [2.24, 2.45) is 11.8 Å². The number of nitrogens with one attached hydrogen (secondary N) is 6. The molecule has 8 N–H and O–H groups in total. The average molecular weight is 1100 g/mol. The van der Waals surface area contributed by atoms with Crippen LogP contribution in [0.3, 0.4) is 0 Å². The number of hydrogen-bond donors (Lipinski definition) is 8. The first-order valence-corrected chi connectivity index (χ1v) is 29.0. The molecule has 22 heteroatoms. The molecule has 0 heterocycles. The summed E-state index contributed by atoms with van der Waals surface area (Å²) >= 11 is 0. The first-order valence-electron chi connectivity index (χ1n) is 29.0. The van der Waals surface area contributed by atoms with E-state index in [1.165, 1.54) is 64.2 Å². The molecule has 0 unspecified atom stereocenters. The first kappa shape index (κ1) is 70.5. The van der Waals surface area contributed by atoms with Crippen LogP contribution in [-0.2, 0) is 66.8 Å². The maximum atomic E-state index is 13.0. The zero-order valence-corrected chi connectivity index (χ0v) is 46.7. The van der Waals surface area contributed by atoms with Crippen molar-refractivity contribution < 1.29 is 77.0 Å². The largest absolute Gasteiger partial charge is 0.481 e. The molecule has 1 atom stereocenters. The van der Waals surface area contributed by atoms with Crippen LogP contribution < -0.4 is 31.9 Å². The Balaban J connectivity index is 1.95. The molecule has 1 aliphatic carbocycles. The monoisotopic (exact) mass is 1100 g/mol. The van der Waals surface area contributed by atoms with Crippen LogP contribution in [-0.4, -0.2) is 176 Å². The van der Waals surface area contributed by atoms with E-state index in [0.717, 1.165) is 64.2 Å². The van der Waals surface area contributed by atoms with Gasteiger partial charge in [0, 0.05) is 57.9 Å². The van der Waals surface area contributed by atoms with Gasteiger partial charge in [-0.15, -0.1) is 0 Å². The Morgan fingerprint density at radius 1 is 0.416 bits per heavy atom. The van der Waals surface area contributed by atoms with Gasteiger partial charge in [0.1, 0.15) is 25.9 Å². The van der Waals surface area contributed by atoms with Crippen LogP contribution in [0.15, 0.2) is 0 Å². The third kappa shape index (κ3) is 46.2. The maximum Gasteiger partial charge on any atom is 0.326 e. The van der Waals surface area contributed by atoms with Crippen LogP contribution in [0.5, 0.6) is 0 Å². The molecular weight excluding hydrogens is 1000 g/mol. The third-order valence-corrected chi connectivity index (χ3v) is 13.0. The van der Waals surface area contributed by atoms with Crippen LogP contribution in [0.25, 0.3) is 0 Å². The fourth-order valence-corrected chi connectivity index (χ4v) is 8.42. The molecule has 22 nitrogen and oxygen atoms in total. The quantitative estimate of drug-likeness (QED) is 0.0382. The predicted octanol–water partition coefficient (Wildman–Crippen LogP) is 4.73. The van der Waals surface area contributed by atoms with Gasteiger partial charge in [0.25, 0.3) is 0 Å². The molecular formula is C55H100N6O16. The van der Waals surface area contributed by atoms with Gasteiger partial charge in [-0.1, -0.05) is 103 Å². The number of amides is 6. The number of carboxylic acid groups (broad SMARTS) is 2. The molecule has 0 aromatic rings. The summed E-state index contributed by atoms with van der Waals surface area (Å²) in [6.07, 6.45) is 24.0. The minimum absolute atomic E-state index is 0.0131. The van der Waals surface area contributed by atoms with Gasteiger partial charge < -0.3 is 70.5 Å². The summed E-state index contributed by atoms with van der Waals surface area (Å²) in [4.78, 5) is 95.7. The van der Waals surface area contributed by atoms with E-state index in [9.17, 15) is 43.5 Å². The molecule has 0 bridgehead atoms. The molecule has 0 aromatic carbocycles. The Labute approximate surface area is 458 Å². The zero-order chi connectivity index (χ0) is 56.2. The van der Waals surface area contributed by atoms with Gasteiger partial charge in [0.2, 0.25) is 35.4 Å². The molecule has 0 radical (unpaired) electrons. The molecule has 6 amide bonds. The Kier molecular flexibility index (Phi) is 46.7. The second-order valence-corrected chi connectivity index (χ2v) is 19.8. The lowest BCUT2D eigenvalue weighted by atomic mass is 9.81. The van der Waals surface area contributed by atoms with E-state index in [-0.39, 0.29) is 146 Å². The van der Waals surface area contributed by atoms with Crippen LogP contribution in [0.2, 0.25) is 0 Å². The smallest absolute Gasteiger partial charge is 0.326 e. The van der Waals surface area contributed by atoms with E-state index in [1.807, 2.05) is 6.92 Å². The predicted molar refractivity (Wildman–Crippen MR) is 290 cm³/mol. The standard InChI is InChI=1S/C55H100N6O16/c1-2-3-28-56-50(64)42-75-38-36-73-33-30-58-52(66)44-77-40-37-74-34-31-59-51(65)43-76-39-35-72-32-29-57-49(63)27-26-47(55(70)71)61-54(69)46-24-22-45(23-25-46)41-60-48(62)20-18-16-14-12-10-8-6-4-5-7-9-11-13-15-17-19-21-53(67)68/h45-47H,2-44H2,1H3,(H,56,64)(H,57,63)(H,58,66)(H,59,65)(H,60,62)(H,61,69)(H,67,68)(H,70,71)/t45?,46?,47-/m0/s1. The van der Waals surface area contributed by atoms with Gasteiger partial charge in [-0.05, 0) is 57.3 Å². The van der Waals surface area contributed by atoms with Crippen molar-refractivity contribution >= 4 is 47.4 Å². The lowest BCUT2D eigenvalue weighted by Gasteiger charge is -2.28. The van der Waals surface area contributed by atoms with Gasteiger partial charge in [0.05, 0.1) is 59.5 Å². The lowest BCUT2D eigenvalue weighted by Crippen LogP contribution is -2.45. The Morgan fingerprint density at radius 2 is 0.792 bits per heavy atom. The minimum atomic E-state index is -1.20. The first-order chi connectivity index (χ1) is 37.4. The third-order valence-electron chi connectivity index (χ3n) is 13.0. The molecule has 446 valence electrons. The summed E-state index contributed by atoms with van der Waals surface area (Å²) in [5, 5.41) is 34.9. The van der Waals surface area contributed by atoms with Crippen molar-refractivity contribution in [3.63, 3.8) is 0 Å². The SMILES string of the molecule is CCCCNC(=O)COCCOCCNC(=O)COCCOCCNC(=O)COCCOCCNC(=O)CC[C@H](NC(=O)C1CCC(CNC(=O)CCCCCCCCCCCCCCCCCCC(=O)O)CC1)C(=O)O. The molecule has 1 saturated carbocycles. The summed E-state index contributed by atoms with van der Waals surface area (Å²) in [6, 6.07) is -1.19. The van der Waals surface area contributed by atoms with Gasteiger partial charge in [-0.2, -0.15) is 0 Å². The van der Waals surface area contributed by atoms with Crippen LogP contribution >= 0.6 is 0 Å². The van der Waals surface area contributed by atoms with Gasteiger partial charge in [0.15, 0.2) is 0 Å². The second-order valence-electron chi connectivity index (χ2n) is 19.8. The van der Waals surface area contributed by atoms with Crippen molar-refractivity contribution in [1.29, 1.82) is 0 Å². The molecule has 77 heavy (non-hydrogen) atoms. The van der Waals surface area contributed by atoms with Crippen molar-refractivity contribution in [2.45, 2.75) is 180 Å². The van der Waals surface area contributed by atoms with Crippen molar-refractivity contribution in [3.8, 4) is 0 Å². The van der Waals surface area contributed by atoms with E-state index in [1.54, 1.807) is 0 Å². The van der Waals surface area contributed by atoms with E-state index < -0.39 is 18.0 Å². The van der Waals surface area contributed by atoms with Crippen molar-refractivity contribution in [1.82, 2.24) is 31.9 Å². The molecule has 0 aliphatic heterocycles. The molecule has 1 fully saturated rings. The molecule has 0 aromatic heterocycles. The topological polar surface area (TPSA) is 305 Å². The number of aliphatic carboxylic acids is 2. The highest BCUT2D eigenvalue weighted by atomic mass is 16.5. The summed E-state index contributed by atoms with van der Waals surface area (Å²) in [6.45, 7) is 5.76. The van der Waals surface area contributed by atoms with Crippen LogP contribution in [0.4, 0.5) is 0 Å². The summed E-state index contributed by atoms with van der Waals surface area (Å²) in [5.41, 5.74) is 0. The van der Waals surface area contributed by atoms with Crippen molar-refractivity contribution in [2.75, 3.05) is 112 Å². The molecule has 1 rings (SSSR count). The highest BCUT2D eigenvalue weighted by molar-refractivity contribution is 5.86. The second kappa shape index (κ2) is 51.0. The van der Waals surface area contributed by atoms with Crippen LogP contribution in [0, 0.1) is 11.8 Å². The number of carbonyl (C=O) groups excluding carboxylic acids is 6. The van der Waals surface area contributed by atoms with Gasteiger partial charge in [-0.3, -0.25) is 33.6 Å². The fourth-order valence-electron chi connectivity index (χ4n) is 8.42. The summed E-state index contributed by atoms with van der Waals surface area (Å²) in [5.74, 6) is -3.35. The molecule has 0 spiro atoms. The number of carbonyl (C=O) groups is 8. The zero-order valence-electron chi connectivity index (χ0n) is 46.7. The van der Waals surface area contributed by atoms with E-state index in [2.05, 4.69) is 31.9 Å². The van der Waals surface area contributed by atoms with Crippen LogP contribution in [0.1, 0.15) is 174 Å². The average Bonchev–Trinajstić information content (AvgIpc) is 3.40.